The van der Waals surface area contributed by atoms with Crippen molar-refractivity contribution in [3.63, 3.8) is 0 Å². The van der Waals surface area contributed by atoms with Crippen molar-refractivity contribution in [1.29, 1.82) is 0 Å². The monoisotopic (exact) mass is 328 g/mol. The van der Waals surface area contributed by atoms with E-state index in [1.807, 2.05) is 38.1 Å². The maximum atomic E-state index is 12.7. The molecule has 0 radical (unpaired) electrons. The van der Waals surface area contributed by atoms with E-state index in [-0.39, 0.29) is 5.91 Å². The molecule has 24 heavy (non-hydrogen) atoms. The standard InChI is InChI=1S/C19H24N2O3/c1-12(2)21-13(3)10-16(14(21)4)19(22)20-15-6-7-17-18(11-15)24-9-5-8-23-17/h6-7,10-12H,5,8-9H2,1-4H3,(H,20,22). The highest BCUT2D eigenvalue weighted by atomic mass is 16.5. The molecule has 1 aliphatic rings. The molecule has 5 heteroatoms. The quantitative estimate of drug-likeness (QED) is 0.923. The van der Waals surface area contributed by atoms with Crippen LogP contribution >= 0.6 is 0 Å². The average molecular weight is 328 g/mol. The van der Waals surface area contributed by atoms with E-state index in [9.17, 15) is 4.79 Å². The van der Waals surface area contributed by atoms with Gasteiger partial charge in [0, 0.05) is 35.6 Å². The van der Waals surface area contributed by atoms with Gasteiger partial charge in [0.1, 0.15) is 0 Å². The van der Waals surface area contributed by atoms with Crippen molar-refractivity contribution in [3.8, 4) is 11.5 Å². The van der Waals surface area contributed by atoms with E-state index in [4.69, 9.17) is 9.47 Å². The van der Waals surface area contributed by atoms with E-state index in [1.54, 1.807) is 0 Å². The van der Waals surface area contributed by atoms with Gasteiger partial charge in [0.05, 0.1) is 18.8 Å². The number of anilines is 1. The van der Waals surface area contributed by atoms with Crippen molar-refractivity contribution >= 4 is 11.6 Å². The summed E-state index contributed by atoms with van der Waals surface area (Å²) >= 11 is 0. The number of carbonyl (C=O) groups excluding carboxylic acids is 1. The summed E-state index contributed by atoms with van der Waals surface area (Å²) in [5.41, 5.74) is 3.48. The highest BCUT2D eigenvalue weighted by molar-refractivity contribution is 6.05. The number of hydrogen-bond acceptors (Lipinski definition) is 3. The van der Waals surface area contributed by atoms with Crippen LogP contribution in [0.15, 0.2) is 24.3 Å². The Balaban J connectivity index is 1.83. The van der Waals surface area contributed by atoms with Gasteiger partial charge in [0.2, 0.25) is 0 Å². The average Bonchev–Trinajstić information content (AvgIpc) is 2.70. The van der Waals surface area contributed by atoms with Crippen LogP contribution in [0.4, 0.5) is 5.69 Å². The summed E-state index contributed by atoms with van der Waals surface area (Å²) in [7, 11) is 0. The van der Waals surface area contributed by atoms with Gasteiger partial charge in [-0.3, -0.25) is 4.79 Å². The lowest BCUT2D eigenvalue weighted by molar-refractivity contribution is 0.102. The highest BCUT2D eigenvalue weighted by Gasteiger charge is 2.18. The zero-order valence-corrected chi connectivity index (χ0v) is 14.7. The Morgan fingerprint density at radius 2 is 1.83 bits per heavy atom. The van der Waals surface area contributed by atoms with E-state index in [0.29, 0.717) is 36.3 Å². The molecule has 1 amide bonds. The smallest absolute Gasteiger partial charge is 0.257 e. The first-order valence-corrected chi connectivity index (χ1v) is 8.37. The molecule has 0 saturated heterocycles. The lowest BCUT2D eigenvalue weighted by Gasteiger charge is -2.14. The van der Waals surface area contributed by atoms with Gasteiger partial charge < -0.3 is 19.4 Å². The fourth-order valence-electron chi connectivity index (χ4n) is 3.24. The molecule has 3 rings (SSSR count). The lowest BCUT2D eigenvalue weighted by atomic mass is 10.2. The number of rotatable bonds is 3. The van der Waals surface area contributed by atoms with Gasteiger partial charge in [-0.2, -0.15) is 0 Å². The van der Waals surface area contributed by atoms with Crippen molar-refractivity contribution in [2.24, 2.45) is 0 Å². The van der Waals surface area contributed by atoms with E-state index >= 15 is 0 Å². The molecule has 2 heterocycles. The third-order valence-corrected chi connectivity index (χ3v) is 4.25. The van der Waals surface area contributed by atoms with Crippen LogP contribution in [0.5, 0.6) is 11.5 Å². The maximum Gasteiger partial charge on any atom is 0.257 e. The molecule has 0 fully saturated rings. The molecule has 1 aromatic carbocycles. The molecule has 1 aliphatic heterocycles. The maximum absolute atomic E-state index is 12.7. The first kappa shape index (κ1) is 16.4. The van der Waals surface area contributed by atoms with E-state index < -0.39 is 0 Å². The fourth-order valence-corrected chi connectivity index (χ4v) is 3.24. The largest absolute Gasteiger partial charge is 0.490 e. The molecule has 0 aliphatic carbocycles. The Morgan fingerprint density at radius 3 is 2.50 bits per heavy atom. The predicted molar refractivity (Wildman–Crippen MR) is 94.3 cm³/mol. The van der Waals surface area contributed by atoms with Gasteiger partial charge in [0.25, 0.3) is 5.91 Å². The van der Waals surface area contributed by atoms with Crippen LogP contribution in [0, 0.1) is 13.8 Å². The zero-order valence-electron chi connectivity index (χ0n) is 14.7. The Bertz CT molecular complexity index is 762. The molecule has 1 aromatic heterocycles. The molecule has 0 spiro atoms. The van der Waals surface area contributed by atoms with Gasteiger partial charge in [-0.25, -0.2) is 0 Å². The Kier molecular flexibility index (Phi) is 4.51. The molecular weight excluding hydrogens is 304 g/mol. The minimum absolute atomic E-state index is 0.107. The number of hydrogen-bond donors (Lipinski definition) is 1. The normalized spacial score (nSPS) is 13.7. The van der Waals surface area contributed by atoms with Crippen molar-refractivity contribution in [3.05, 3.63) is 41.2 Å². The Hall–Kier alpha value is -2.43. The minimum Gasteiger partial charge on any atom is -0.490 e. The number of benzene rings is 1. The molecule has 2 aromatic rings. The van der Waals surface area contributed by atoms with Crippen LogP contribution in [-0.4, -0.2) is 23.7 Å². The predicted octanol–water partition coefficient (Wildman–Crippen LogP) is 4.10. The first-order valence-electron chi connectivity index (χ1n) is 8.37. The van der Waals surface area contributed by atoms with Crippen LogP contribution in [0.25, 0.3) is 0 Å². The minimum atomic E-state index is -0.107. The van der Waals surface area contributed by atoms with E-state index in [0.717, 1.165) is 23.6 Å². The number of aromatic nitrogens is 1. The molecule has 128 valence electrons. The third kappa shape index (κ3) is 3.11. The van der Waals surface area contributed by atoms with Crippen LogP contribution < -0.4 is 14.8 Å². The van der Waals surface area contributed by atoms with Gasteiger partial charge in [-0.05, 0) is 45.9 Å². The molecule has 0 unspecified atom stereocenters. The number of nitrogens with zero attached hydrogens (tertiary/aromatic N) is 1. The fraction of sp³-hybridized carbons (Fsp3) is 0.421. The van der Waals surface area contributed by atoms with Crippen molar-refractivity contribution < 1.29 is 14.3 Å². The molecule has 5 nitrogen and oxygen atoms in total. The summed E-state index contributed by atoms with van der Waals surface area (Å²) in [4.78, 5) is 12.7. The Labute approximate surface area is 142 Å². The second-order valence-electron chi connectivity index (χ2n) is 6.41. The third-order valence-electron chi connectivity index (χ3n) is 4.25. The van der Waals surface area contributed by atoms with Gasteiger partial charge in [-0.1, -0.05) is 0 Å². The number of fused-ring (bicyclic) bond motifs is 1. The highest BCUT2D eigenvalue weighted by Crippen LogP contribution is 2.32. The van der Waals surface area contributed by atoms with Gasteiger partial charge in [0.15, 0.2) is 11.5 Å². The van der Waals surface area contributed by atoms with Crippen LogP contribution in [-0.2, 0) is 0 Å². The number of ether oxygens (including phenoxy) is 2. The van der Waals surface area contributed by atoms with Crippen molar-refractivity contribution in [1.82, 2.24) is 4.57 Å². The van der Waals surface area contributed by atoms with Crippen LogP contribution in [0.2, 0.25) is 0 Å². The second kappa shape index (κ2) is 6.59. The molecular formula is C19H24N2O3. The topological polar surface area (TPSA) is 52.5 Å². The van der Waals surface area contributed by atoms with Gasteiger partial charge in [-0.15, -0.1) is 0 Å². The number of nitrogens with one attached hydrogen (secondary N) is 1. The molecule has 0 saturated carbocycles. The van der Waals surface area contributed by atoms with Crippen LogP contribution in [0.3, 0.4) is 0 Å². The summed E-state index contributed by atoms with van der Waals surface area (Å²) in [6.45, 7) is 9.52. The van der Waals surface area contributed by atoms with E-state index in [1.165, 1.54) is 0 Å². The number of aryl methyl sites for hydroxylation is 1. The number of amides is 1. The van der Waals surface area contributed by atoms with Crippen molar-refractivity contribution in [2.75, 3.05) is 18.5 Å². The summed E-state index contributed by atoms with van der Waals surface area (Å²) in [6, 6.07) is 7.76. The SMILES string of the molecule is Cc1cc(C(=O)Nc2ccc3c(c2)OCCCO3)c(C)n1C(C)C. The summed E-state index contributed by atoms with van der Waals surface area (Å²) < 4.78 is 13.5. The van der Waals surface area contributed by atoms with Crippen LogP contribution in [0.1, 0.15) is 48.1 Å². The molecule has 0 atom stereocenters. The summed E-state index contributed by atoms with van der Waals surface area (Å²) in [6.07, 6.45) is 0.859. The lowest BCUT2D eigenvalue weighted by Crippen LogP contribution is -2.14. The summed E-state index contributed by atoms with van der Waals surface area (Å²) in [5.74, 6) is 1.30. The van der Waals surface area contributed by atoms with Crippen molar-refractivity contribution in [2.45, 2.75) is 40.2 Å². The Morgan fingerprint density at radius 1 is 1.12 bits per heavy atom. The zero-order chi connectivity index (χ0) is 17.3. The number of carbonyl (C=O) groups is 1. The van der Waals surface area contributed by atoms with E-state index in [2.05, 4.69) is 23.7 Å². The summed E-state index contributed by atoms with van der Waals surface area (Å²) in [5, 5.41) is 2.96. The first-order chi connectivity index (χ1) is 11.5. The molecule has 0 bridgehead atoms. The molecule has 1 N–H and O–H groups in total. The second-order valence-corrected chi connectivity index (χ2v) is 6.41. The van der Waals surface area contributed by atoms with Gasteiger partial charge >= 0.3 is 0 Å².